The second-order valence-electron chi connectivity index (χ2n) is 4.44. The van der Waals surface area contributed by atoms with Gasteiger partial charge in [-0.05, 0) is 32.7 Å². The number of rotatable bonds is 3. The van der Waals surface area contributed by atoms with Crippen molar-refractivity contribution in [1.29, 1.82) is 5.26 Å². The predicted octanol–water partition coefficient (Wildman–Crippen LogP) is 2.80. The monoisotopic (exact) mass is 194 g/mol. The van der Waals surface area contributed by atoms with Gasteiger partial charge in [-0.1, -0.05) is 19.8 Å². The molecular formula is C12H22N2. The summed E-state index contributed by atoms with van der Waals surface area (Å²) in [6.45, 7) is 6.46. The molecule has 2 nitrogen and oxygen atoms in total. The van der Waals surface area contributed by atoms with Crippen LogP contribution in [-0.2, 0) is 0 Å². The molecule has 1 fully saturated rings. The van der Waals surface area contributed by atoms with Crippen LogP contribution in [0.5, 0.6) is 0 Å². The molecular weight excluding hydrogens is 172 g/mol. The quantitative estimate of drug-likeness (QED) is 0.690. The van der Waals surface area contributed by atoms with Crippen molar-refractivity contribution >= 4 is 0 Å². The molecule has 0 aromatic rings. The van der Waals surface area contributed by atoms with Gasteiger partial charge >= 0.3 is 0 Å². The maximum Gasteiger partial charge on any atom is 0.0666 e. The van der Waals surface area contributed by atoms with Crippen LogP contribution < -0.4 is 0 Å². The Bertz CT molecular complexity index is 195. The summed E-state index contributed by atoms with van der Waals surface area (Å²) in [7, 11) is 0. The van der Waals surface area contributed by atoms with E-state index in [2.05, 4.69) is 17.9 Å². The highest BCUT2D eigenvalue weighted by atomic mass is 15.2. The predicted molar refractivity (Wildman–Crippen MR) is 58.9 cm³/mol. The van der Waals surface area contributed by atoms with E-state index in [0.717, 1.165) is 12.6 Å². The van der Waals surface area contributed by atoms with Gasteiger partial charge in [-0.2, -0.15) is 5.26 Å². The summed E-state index contributed by atoms with van der Waals surface area (Å²) in [5, 5.41) is 8.82. The van der Waals surface area contributed by atoms with Crippen LogP contribution in [-0.4, -0.2) is 24.0 Å². The van der Waals surface area contributed by atoms with Crippen LogP contribution in [0.25, 0.3) is 0 Å². The highest BCUT2D eigenvalue weighted by Gasteiger charge is 2.20. The Morgan fingerprint density at radius 3 is 2.86 bits per heavy atom. The zero-order valence-corrected chi connectivity index (χ0v) is 9.50. The molecule has 0 saturated carbocycles. The van der Waals surface area contributed by atoms with Gasteiger partial charge in [0.1, 0.15) is 0 Å². The SMILES string of the molecule is CCC1CCCCCN1CC(C)C#N. The Morgan fingerprint density at radius 1 is 1.43 bits per heavy atom. The third-order valence-electron chi connectivity index (χ3n) is 3.20. The van der Waals surface area contributed by atoms with Crippen molar-refractivity contribution in [3.63, 3.8) is 0 Å². The molecule has 1 rings (SSSR count). The minimum atomic E-state index is 0.183. The number of hydrogen-bond acceptors (Lipinski definition) is 2. The lowest BCUT2D eigenvalue weighted by Crippen LogP contribution is -2.37. The van der Waals surface area contributed by atoms with E-state index < -0.39 is 0 Å². The van der Waals surface area contributed by atoms with Crippen LogP contribution >= 0.6 is 0 Å². The Labute approximate surface area is 87.9 Å². The molecule has 1 aliphatic heterocycles. The van der Waals surface area contributed by atoms with Gasteiger partial charge in [-0.3, -0.25) is 4.90 Å². The highest BCUT2D eigenvalue weighted by Crippen LogP contribution is 2.19. The Balaban J connectivity index is 2.48. The van der Waals surface area contributed by atoms with E-state index in [1.54, 1.807) is 0 Å². The largest absolute Gasteiger partial charge is 0.299 e. The molecule has 0 radical (unpaired) electrons. The van der Waals surface area contributed by atoms with Crippen molar-refractivity contribution in [2.45, 2.75) is 52.0 Å². The molecule has 1 saturated heterocycles. The third kappa shape index (κ3) is 3.31. The number of nitrogens with zero attached hydrogens (tertiary/aromatic N) is 2. The van der Waals surface area contributed by atoms with Crippen LogP contribution in [0.2, 0.25) is 0 Å². The molecule has 0 bridgehead atoms. The first kappa shape index (κ1) is 11.5. The summed E-state index contributed by atoms with van der Waals surface area (Å²) in [4.78, 5) is 2.53. The minimum Gasteiger partial charge on any atom is -0.299 e. The lowest BCUT2D eigenvalue weighted by Gasteiger charge is -2.29. The molecule has 1 heterocycles. The van der Waals surface area contributed by atoms with E-state index in [-0.39, 0.29) is 5.92 Å². The Hall–Kier alpha value is -0.550. The van der Waals surface area contributed by atoms with E-state index in [4.69, 9.17) is 5.26 Å². The average Bonchev–Trinajstić information content (AvgIpc) is 2.42. The van der Waals surface area contributed by atoms with Gasteiger partial charge in [0.15, 0.2) is 0 Å². The first-order chi connectivity index (χ1) is 6.77. The smallest absolute Gasteiger partial charge is 0.0666 e. The summed E-state index contributed by atoms with van der Waals surface area (Å²) >= 11 is 0. The van der Waals surface area contributed by atoms with E-state index in [0.29, 0.717) is 0 Å². The van der Waals surface area contributed by atoms with Gasteiger partial charge < -0.3 is 0 Å². The molecule has 80 valence electrons. The molecule has 0 aromatic heterocycles. The third-order valence-corrected chi connectivity index (χ3v) is 3.20. The second-order valence-corrected chi connectivity index (χ2v) is 4.44. The highest BCUT2D eigenvalue weighted by molar-refractivity contribution is 4.84. The van der Waals surface area contributed by atoms with Crippen LogP contribution in [0, 0.1) is 17.2 Å². The lowest BCUT2D eigenvalue weighted by molar-refractivity contribution is 0.181. The molecule has 1 aliphatic rings. The summed E-state index contributed by atoms with van der Waals surface area (Å²) in [6.07, 6.45) is 6.62. The molecule has 2 atom stereocenters. The van der Waals surface area contributed by atoms with Crippen molar-refractivity contribution < 1.29 is 0 Å². The fourth-order valence-corrected chi connectivity index (χ4v) is 2.33. The van der Waals surface area contributed by atoms with Crippen molar-refractivity contribution in [3.8, 4) is 6.07 Å². The maximum atomic E-state index is 8.82. The van der Waals surface area contributed by atoms with E-state index in [9.17, 15) is 0 Å². The molecule has 0 spiro atoms. The Morgan fingerprint density at radius 2 is 2.21 bits per heavy atom. The topological polar surface area (TPSA) is 27.0 Å². The summed E-state index contributed by atoms with van der Waals surface area (Å²) < 4.78 is 0. The van der Waals surface area contributed by atoms with Crippen molar-refractivity contribution in [1.82, 2.24) is 4.90 Å². The van der Waals surface area contributed by atoms with Crippen molar-refractivity contribution in [2.24, 2.45) is 5.92 Å². The van der Waals surface area contributed by atoms with Gasteiger partial charge in [-0.25, -0.2) is 0 Å². The van der Waals surface area contributed by atoms with E-state index in [1.807, 2.05) is 6.92 Å². The van der Waals surface area contributed by atoms with Crippen LogP contribution in [0.3, 0.4) is 0 Å². The van der Waals surface area contributed by atoms with E-state index in [1.165, 1.54) is 38.6 Å². The van der Waals surface area contributed by atoms with Crippen LogP contribution in [0.15, 0.2) is 0 Å². The fraction of sp³-hybridized carbons (Fsp3) is 0.917. The molecule has 0 N–H and O–H groups in total. The van der Waals surface area contributed by atoms with Crippen LogP contribution in [0.1, 0.15) is 46.0 Å². The molecule has 2 heteroatoms. The van der Waals surface area contributed by atoms with Gasteiger partial charge in [0.05, 0.1) is 12.0 Å². The average molecular weight is 194 g/mol. The van der Waals surface area contributed by atoms with Gasteiger partial charge in [0.25, 0.3) is 0 Å². The number of likely N-dealkylation sites (tertiary alicyclic amines) is 1. The minimum absolute atomic E-state index is 0.183. The van der Waals surface area contributed by atoms with Crippen molar-refractivity contribution in [2.75, 3.05) is 13.1 Å². The first-order valence-corrected chi connectivity index (χ1v) is 5.91. The maximum absolute atomic E-state index is 8.82. The van der Waals surface area contributed by atoms with Gasteiger partial charge in [-0.15, -0.1) is 0 Å². The second kappa shape index (κ2) is 6.03. The molecule has 14 heavy (non-hydrogen) atoms. The fourth-order valence-electron chi connectivity index (χ4n) is 2.33. The lowest BCUT2D eigenvalue weighted by atomic mass is 10.1. The standard InChI is InChI=1S/C12H22N2/c1-3-12-7-5-4-6-8-14(12)10-11(2)9-13/h11-12H,3-8,10H2,1-2H3. The normalized spacial score (nSPS) is 26.5. The molecule has 0 aromatic carbocycles. The summed E-state index contributed by atoms with van der Waals surface area (Å²) in [5.41, 5.74) is 0. The van der Waals surface area contributed by atoms with Crippen LogP contribution in [0.4, 0.5) is 0 Å². The number of nitriles is 1. The zero-order chi connectivity index (χ0) is 10.4. The molecule has 0 amide bonds. The summed E-state index contributed by atoms with van der Waals surface area (Å²) in [5.74, 6) is 0.183. The number of hydrogen-bond donors (Lipinski definition) is 0. The van der Waals surface area contributed by atoms with E-state index >= 15 is 0 Å². The van der Waals surface area contributed by atoms with Crippen molar-refractivity contribution in [3.05, 3.63) is 0 Å². The summed E-state index contributed by atoms with van der Waals surface area (Å²) in [6, 6.07) is 3.07. The first-order valence-electron chi connectivity index (χ1n) is 5.91. The zero-order valence-electron chi connectivity index (χ0n) is 9.50. The molecule has 2 unspecified atom stereocenters. The Kier molecular flexibility index (Phi) is 4.97. The van der Waals surface area contributed by atoms with Gasteiger partial charge in [0, 0.05) is 12.6 Å². The molecule has 0 aliphatic carbocycles. The van der Waals surface area contributed by atoms with Gasteiger partial charge in [0.2, 0.25) is 0 Å².